The third-order valence-electron chi connectivity index (χ3n) is 3.81. The van der Waals surface area contributed by atoms with Gasteiger partial charge in [-0.25, -0.2) is 0 Å². The summed E-state index contributed by atoms with van der Waals surface area (Å²) < 4.78 is 10.2. The van der Waals surface area contributed by atoms with Crippen molar-refractivity contribution in [3.8, 4) is 47.4 Å². The molecule has 0 amide bonds. The fourth-order valence-corrected chi connectivity index (χ4v) is 2.27. The van der Waals surface area contributed by atoms with E-state index in [-0.39, 0.29) is 12.1 Å². The summed E-state index contributed by atoms with van der Waals surface area (Å²) in [4.78, 5) is 11.1. The number of rotatable bonds is 12. The molecule has 0 aromatic rings. The molecule has 3 nitrogen and oxygen atoms in total. The van der Waals surface area contributed by atoms with Gasteiger partial charge in [-0.2, -0.15) is 0 Å². The number of hydrogen-bond donors (Lipinski definition) is 0. The lowest BCUT2D eigenvalue weighted by atomic mass is 10.1. The van der Waals surface area contributed by atoms with E-state index in [0.717, 1.165) is 38.5 Å². The summed E-state index contributed by atoms with van der Waals surface area (Å²) in [6.45, 7) is 4.31. The number of ether oxygens (including phenoxy) is 2. The minimum absolute atomic E-state index is 0.0144. The molecule has 0 saturated carbocycles. The zero-order valence-corrected chi connectivity index (χ0v) is 18.2. The molecule has 0 N–H and O–H groups in total. The lowest BCUT2D eigenvalue weighted by Crippen LogP contribution is -2.06. The van der Waals surface area contributed by atoms with Crippen molar-refractivity contribution in [3.63, 3.8) is 0 Å². The maximum atomic E-state index is 11.1. The third-order valence-corrected chi connectivity index (χ3v) is 3.81. The standard InChI is InChI=1S/C26H34O3/c1-4-6-7-16-19-22-25(28-3)23-20-17-14-12-10-8-9-11-13-15-18-21-24-26(27)29-5-2/h8-9,25H,4-6,10,12,14,17,20-21,23-24H2,1-3H3. The van der Waals surface area contributed by atoms with E-state index in [2.05, 4.69) is 60.4 Å². The first-order valence-corrected chi connectivity index (χ1v) is 10.5. The monoisotopic (exact) mass is 394 g/mol. The zero-order valence-electron chi connectivity index (χ0n) is 18.2. The molecule has 3 heteroatoms. The van der Waals surface area contributed by atoms with Crippen molar-refractivity contribution in [1.82, 2.24) is 0 Å². The molecule has 0 aliphatic heterocycles. The molecule has 0 heterocycles. The van der Waals surface area contributed by atoms with Gasteiger partial charge in [0.05, 0.1) is 13.0 Å². The Balaban J connectivity index is 3.75. The van der Waals surface area contributed by atoms with Crippen LogP contribution in [0.5, 0.6) is 0 Å². The Morgan fingerprint density at radius 2 is 1.72 bits per heavy atom. The van der Waals surface area contributed by atoms with E-state index in [9.17, 15) is 4.79 Å². The molecule has 0 spiro atoms. The van der Waals surface area contributed by atoms with Gasteiger partial charge in [0, 0.05) is 20.0 Å². The van der Waals surface area contributed by atoms with Crippen LogP contribution >= 0.6 is 0 Å². The molecule has 29 heavy (non-hydrogen) atoms. The van der Waals surface area contributed by atoms with Gasteiger partial charge in [0.2, 0.25) is 0 Å². The molecule has 0 bridgehead atoms. The molecule has 0 rings (SSSR count). The van der Waals surface area contributed by atoms with Crippen LogP contribution in [0.2, 0.25) is 0 Å². The first-order chi connectivity index (χ1) is 14.2. The number of hydrogen-bond acceptors (Lipinski definition) is 3. The molecule has 0 radical (unpaired) electrons. The van der Waals surface area contributed by atoms with Crippen LogP contribution in [0, 0.1) is 47.4 Å². The van der Waals surface area contributed by atoms with Crippen molar-refractivity contribution in [2.24, 2.45) is 0 Å². The summed E-state index contributed by atoms with van der Waals surface area (Å²) in [7, 11) is 1.70. The Hall–Kier alpha value is -2.59. The number of allylic oxidation sites excluding steroid dienone is 2. The van der Waals surface area contributed by atoms with Crippen molar-refractivity contribution >= 4 is 5.97 Å². The van der Waals surface area contributed by atoms with Crippen LogP contribution in [0.4, 0.5) is 0 Å². The fraction of sp³-hybridized carbons (Fsp3) is 0.577. The normalized spacial score (nSPS) is 10.3. The van der Waals surface area contributed by atoms with E-state index in [1.807, 2.05) is 6.08 Å². The van der Waals surface area contributed by atoms with Crippen LogP contribution < -0.4 is 0 Å². The lowest BCUT2D eigenvalue weighted by molar-refractivity contribution is -0.142. The quantitative estimate of drug-likeness (QED) is 0.264. The van der Waals surface area contributed by atoms with Crippen LogP contribution in [0.1, 0.15) is 78.1 Å². The smallest absolute Gasteiger partial charge is 0.306 e. The minimum atomic E-state index is -0.211. The SMILES string of the molecule is CCCC#CC#CC(CCCCCCC=CC#CC#CCCC(=O)OCC)OC. The van der Waals surface area contributed by atoms with Gasteiger partial charge < -0.3 is 9.47 Å². The maximum absolute atomic E-state index is 11.1. The van der Waals surface area contributed by atoms with Crippen molar-refractivity contribution in [1.29, 1.82) is 0 Å². The lowest BCUT2D eigenvalue weighted by Gasteiger charge is -2.07. The molecule has 1 unspecified atom stereocenters. The molecule has 0 aliphatic rings. The molecule has 0 aliphatic carbocycles. The van der Waals surface area contributed by atoms with Crippen LogP contribution in [0.25, 0.3) is 0 Å². The summed E-state index contributed by atoms with van der Waals surface area (Å²) in [6.07, 6.45) is 13.3. The average Bonchev–Trinajstić information content (AvgIpc) is 2.72. The highest BCUT2D eigenvalue weighted by Gasteiger charge is 2.01. The number of esters is 1. The number of carbonyl (C=O) groups excluding carboxylic acids is 1. The maximum Gasteiger partial charge on any atom is 0.306 e. The topological polar surface area (TPSA) is 35.5 Å². The van der Waals surface area contributed by atoms with Crippen molar-refractivity contribution in [2.45, 2.75) is 84.2 Å². The van der Waals surface area contributed by atoms with Gasteiger partial charge in [-0.15, -0.1) is 0 Å². The van der Waals surface area contributed by atoms with Crippen LogP contribution in [-0.2, 0) is 14.3 Å². The Morgan fingerprint density at radius 1 is 0.966 bits per heavy atom. The first-order valence-electron chi connectivity index (χ1n) is 10.5. The largest absolute Gasteiger partial charge is 0.466 e. The Morgan fingerprint density at radius 3 is 2.48 bits per heavy atom. The molecular formula is C26H34O3. The van der Waals surface area contributed by atoms with Crippen molar-refractivity contribution < 1.29 is 14.3 Å². The fourth-order valence-electron chi connectivity index (χ4n) is 2.27. The van der Waals surface area contributed by atoms with Crippen LogP contribution in [0.15, 0.2) is 12.2 Å². The highest BCUT2D eigenvalue weighted by molar-refractivity contribution is 5.69. The van der Waals surface area contributed by atoms with E-state index in [4.69, 9.17) is 9.47 Å². The van der Waals surface area contributed by atoms with Gasteiger partial charge in [-0.1, -0.05) is 49.5 Å². The zero-order chi connectivity index (χ0) is 21.4. The van der Waals surface area contributed by atoms with E-state index in [1.54, 1.807) is 14.0 Å². The predicted molar refractivity (Wildman–Crippen MR) is 120 cm³/mol. The Kier molecular flexibility index (Phi) is 19.8. The van der Waals surface area contributed by atoms with E-state index in [1.165, 1.54) is 12.8 Å². The highest BCUT2D eigenvalue weighted by atomic mass is 16.5. The number of methoxy groups -OCH3 is 1. The summed E-state index contributed by atoms with van der Waals surface area (Å²) >= 11 is 0. The second-order valence-electron chi connectivity index (χ2n) is 6.32. The Labute approximate surface area is 178 Å². The van der Waals surface area contributed by atoms with Crippen molar-refractivity contribution in [2.75, 3.05) is 13.7 Å². The second kappa shape index (κ2) is 21.7. The molecule has 156 valence electrons. The molecule has 1 atom stereocenters. The van der Waals surface area contributed by atoms with Gasteiger partial charge in [-0.05, 0) is 68.8 Å². The molecule has 0 fully saturated rings. The van der Waals surface area contributed by atoms with Crippen LogP contribution in [-0.4, -0.2) is 25.8 Å². The van der Waals surface area contributed by atoms with E-state index >= 15 is 0 Å². The molecule has 0 saturated heterocycles. The van der Waals surface area contributed by atoms with Gasteiger partial charge in [0.1, 0.15) is 6.10 Å². The predicted octanol–water partition coefficient (Wildman–Crippen LogP) is 5.06. The summed E-state index contributed by atoms with van der Waals surface area (Å²) in [5.74, 6) is 22.9. The highest BCUT2D eigenvalue weighted by Crippen LogP contribution is 2.09. The average molecular weight is 395 g/mol. The molecule has 0 aromatic carbocycles. The van der Waals surface area contributed by atoms with E-state index < -0.39 is 0 Å². The minimum Gasteiger partial charge on any atom is -0.466 e. The Bertz CT molecular complexity index is 702. The summed E-state index contributed by atoms with van der Waals surface area (Å²) in [5, 5.41) is 0. The van der Waals surface area contributed by atoms with E-state index in [0.29, 0.717) is 19.4 Å². The summed E-state index contributed by atoms with van der Waals surface area (Å²) in [5.41, 5.74) is 0. The summed E-state index contributed by atoms with van der Waals surface area (Å²) in [6, 6.07) is 0. The number of carbonyl (C=O) groups is 1. The third kappa shape index (κ3) is 20.0. The van der Waals surface area contributed by atoms with Gasteiger partial charge in [0.25, 0.3) is 0 Å². The first kappa shape index (κ1) is 26.4. The van der Waals surface area contributed by atoms with Gasteiger partial charge in [-0.3, -0.25) is 4.79 Å². The molecule has 0 aromatic heterocycles. The van der Waals surface area contributed by atoms with Gasteiger partial charge in [0.15, 0.2) is 0 Å². The van der Waals surface area contributed by atoms with Gasteiger partial charge >= 0.3 is 5.97 Å². The number of unbranched alkanes of at least 4 members (excludes halogenated alkanes) is 5. The molecular weight excluding hydrogens is 360 g/mol. The van der Waals surface area contributed by atoms with Crippen LogP contribution in [0.3, 0.4) is 0 Å². The second-order valence-corrected chi connectivity index (χ2v) is 6.32. The van der Waals surface area contributed by atoms with Crippen molar-refractivity contribution in [3.05, 3.63) is 12.2 Å².